The highest BCUT2D eigenvalue weighted by atomic mass is 19.4. The summed E-state index contributed by atoms with van der Waals surface area (Å²) in [5.74, 6) is 5.71. The van der Waals surface area contributed by atoms with Crippen molar-refractivity contribution in [2.75, 3.05) is 32.1 Å². The maximum absolute atomic E-state index is 13.5. The van der Waals surface area contributed by atoms with Crippen LogP contribution in [0.25, 0.3) is 0 Å². The largest absolute Gasteiger partial charge is 0.469 e. The van der Waals surface area contributed by atoms with Gasteiger partial charge in [0, 0.05) is 31.4 Å². The number of esters is 1. The summed E-state index contributed by atoms with van der Waals surface area (Å²) in [6.07, 6.45) is -5.68. The van der Waals surface area contributed by atoms with Crippen molar-refractivity contribution in [1.29, 1.82) is 0 Å². The van der Waals surface area contributed by atoms with Crippen LogP contribution < -0.4 is 10.7 Å². The minimum absolute atomic E-state index is 0.111. The Morgan fingerprint density at radius 2 is 1.62 bits per heavy atom. The number of anilines is 1. The fourth-order valence-electron chi connectivity index (χ4n) is 6.26. The third-order valence-corrected chi connectivity index (χ3v) is 8.35. The normalized spacial score (nSPS) is 20.3. The highest BCUT2D eigenvalue weighted by molar-refractivity contribution is 6.10. The van der Waals surface area contributed by atoms with E-state index in [0.717, 1.165) is 47.6 Å². The Morgan fingerprint density at radius 1 is 1.00 bits per heavy atom. The molecular formula is C31H38F6N6O2. The lowest BCUT2D eigenvalue weighted by Gasteiger charge is -2.34. The van der Waals surface area contributed by atoms with E-state index in [1.807, 2.05) is 19.9 Å². The summed E-state index contributed by atoms with van der Waals surface area (Å²) in [5, 5.41) is 9.43. The van der Waals surface area contributed by atoms with Crippen LogP contribution in [0.15, 0.2) is 39.6 Å². The first-order valence-corrected chi connectivity index (χ1v) is 14.8. The summed E-state index contributed by atoms with van der Waals surface area (Å²) in [7, 11) is 2.90. The number of hydrogen-bond donors (Lipinski definition) is 1. The Balaban J connectivity index is 1.77. The van der Waals surface area contributed by atoms with Gasteiger partial charge in [-0.05, 0) is 93.2 Å². The molecule has 2 aromatic rings. The van der Waals surface area contributed by atoms with Crippen LogP contribution in [0.2, 0.25) is 0 Å². The predicted molar refractivity (Wildman–Crippen MR) is 158 cm³/mol. The molecular weight excluding hydrogens is 602 g/mol. The Kier molecular flexibility index (Phi) is 10.5. The molecule has 2 aromatic carbocycles. The molecule has 4 rings (SSSR count). The molecule has 0 unspecified atom stereocenters. The third kappa shape index (κ3) is 8.33. The van der Waals surface area contributed by atoms with Gasteiger partial charge < -0.3 is 9.64 Å². The lowest BCUT2D eigenvalue weighted by atomic mass is 9.81. The van der Waals surface area contributed by atoms with Gasteiger partial charge in [-0.2, -0.15) is 26.3 Å². The zero-order chi connectivity index (χ0) is 33.1. The monoisotopic (exact) mass is 640 g/mol. The van der Waals surface area contributed by atoms with E-state index in [0.29, 0.717) is 60.9 Å². The van der Waals surface area contributed by atoms with Crippen LogP contribution in [-0.4, -0.2) is 44.0 Å². The molecule has 1 saturated carbocycles. The van der Waals surface area contributed by atoms with Crippen LogP contribution in [0.3, 0.4) is 0 Å². The molecule has 0 spiro atoms. The topological polar surface area (TPSA) is 95.9 Å². The van der Waals surface area contributed by atoms with Gasteiger partial charge in [0.05, 0.1) is 36.4 Å². The Labute approximate surface area is 258 Å². The molecule has 0 bridgehead atoms. The summed E-state index contributed by atoms with van der Waals surface area (Å²) in [5.41, 5.74) is 1.22. The number of aryl methyl sites for hydroxylation is 2. The van der Waals surface area contributed by atoms with Gasteiger partial charge in [0.1, 0.15) is 5.69 Å². The number of nitrogens with zero attached hydrogens (tertiary/aromatic N) is 5. The van der Waals surface area contributed by atoms with Gasteiger partial charge in [-0.25, -0.2) is 11.0 Å². The van der Waals surface area contributed by atoms with Crippen molar-refractivity contribution in [3.05, 3.63) is 57.6 Å². The fraction of sp³-hybridized carbons (Fsp3) is 0.548. The molecule has 0 amide bonds. The molecule has 1 fully saturated rings. The van der Waals surface area contributed by atoms with E-state index < -0.39 is 23.5 Å². The van der Waals surface area contributed by atoms with Gasteiger partial charge in [0.15, 0.2) is 0 Å². The SMILES string of the molecule is COC(=O)C1CCC(CN2CCCC(=NCc3cc(C(F)(F)F)cc(C(F)(F)F)c3)c3c(N=NN(C)N)c(C)cc(C)c32)CC1. The number of carbonyl (C=O) groups excluding carboxylic acids is 1. The highest BCUT2D eigenvalue weighted by Crippen LogP contribution is 2.42. The van der Waals surface area contributed by atoms with Gasteiger partial charge in [-0.15, -0.1) is 5.11 Å². The maximum Gasteiger partial charge on any atom is 0.416 e. The lowest BCUT2D eigenvalue weighted by Crippen LogP contribution is -2.34. The van der Waals surface area contributed by atoms with Crippen molar-refractivity contribution in [3.8, 4) is 0 Å². The first-order chi connectivity index (χ1) is 21.1. The molecule has 2 N–H and O–H groups in total. The van der Waals surface area contributed by atoms with Crippen LogP contribution in [0.1, 0.15) is 71.9 Å². The van der Waals surface area contributed by atoms with E-state index in [9.17, 15) is 31.1 Å². The molecule has 0 radical (unpaired) electrons. The summed E-state index contributed by atoms with van der Waals surface area (Å²) in [4.78, 5) is 18.9. The van der Waals surface area contributed by atoms with Crippen LogP contribution in [0, 0.1) is 25.7 Å². The molecule has 14 heteroatoms. The smallest absolute Gasteiger partial charge is 0.416 e. The number of carbonyl (C=O) groups is 1. The van der Waals surface area contributed by atoms with E-state index >= 15 is 0 Å². The number of methoxy groups -OCH3 is 1. The predicted octanol–water partition coefficient (Wildman–Crippen LogP) is 7.71. The van der Waals surface area contributed by atoms with Crippen LogP contribution >= 0.6 is 0 Å². The highest BCUT2D eigenvalue weighted by Gasteiger charge is 2.37. The Morgan fingerprint density at radius 3 is 2.18 bits per heavy atom. The molecule has 1 aliphatic carbocycles. The zero-order valence-electron chi connectivity index (χ0n) is 25.7. The number of nitrogens with two attached hydrogens (primary N) is 1. The molecule has 0 atom stereocenters. The minimum Gasteiger partial charge on any atom is -0.469 e. The van der Waals surface area contributed by atoms with Crippen molar-refractivity contribution in [1.82, 2.24) is 5.12 Å². The van der Waals surface area contributed by atoms with Crippen LogP contribution in [0.5, 0.6) is 0 Å². The van der Waals surface area contributed by atoms with Crippen LogP contribution in [0.4, 0.5) is 37.7 Å². The van der Waals surface area contributed by atoms with Crippen molar-refractivity contribution < 1.29 is 35.9 Å². The van der Waals surface area contributed by atoms with Gasteiger partial charge >= 0.3 is 18.3 Å². The Hall–Kier alpha value is -3.68. The number of hydrogen-bond acceptors (Lipinski definition) is 7. The van der Waals surface area contributed by atoms with E-state index in [1.54, 1.807) is 0 Å². The lowest BCUT2D eigenvalue weighted by molar-refractivity contribution is -0.147. The molecule has 2 aliphatic rings. The maximum atomic E-state index is 13.5. The molecule has 0 saturated heterocycles. The van der Waals surface area contributed by atoms with Gasteiger partial charge in [-0.1, -0.05) is 11.3 Å². The van der Waals surface area contributed by atoms with Crippen molar-refractivity contribution in [3.63, 3.8) is 0 Å². The number of alkyl halides is 6. The quantitative estimate of drug-likeness (QED) is 0.110. The van der Waals surface area contributed by atoms with Crippen LogP contribution in [-0.2, 0) is 28.4 Å². The van der Waals surface area contributed by atoms with E-state index in [1.165, 1.54) is 14.2 Å². The second kappa shape index (κ2) is 13.8. The molecule has 0 aromatic heterocycles. The number of halogens is 6. The van der Waals surface area contributed by atoms with Crippen molar-refractivity contribution >= 4 is 23.1 Å². The standard InChI is InChI=1S/C31H38F6N6O2/c1-18-12-19(2)28-26(27(18)40-41-42(3)38)25(6-5-11-43(28)17-20-7-9-22(10-8-20)29(44)45-4)39-16-21-13-23(30(32,33)34)15-24(14-21)31(35,36)37/h12-15,20,22H,5-11,16-17,38H2,1-4H3. The van der Waals surface area contributed by atoms with Crippen molar-refractivity contribution in [2.45, 2.75) is 71.3 Å². The van der Waals surface area contributed by atoms with E-state index in [2.05, 4.69) is 20.2 Å². The molecule has 1 heterocycles. The molecule has 8 nitrogen and oxygen atoms in total. The molecule has 45 heavy (non-hydrogen) atoms. The third-order valence-electron chi connectivity index (χ3n) is 8.35. The average Bonchev–Trinajstić information content (AvgIpc) is 3.14. The second-order valence-corrected chi connectivity index (χ2v) is 11.8. The Bertz CT molecular complexity index is 1410. The fourth-order valence-corrected chi connectivity index (χ4v) is 6.26. The van der Waals surface area contributed by atoms with E-state index in [-0.39, 0.29) is 30.1 Å². The number of ether oxygens (including phenoxy) is 1. The number of rotatable bonds is 7. The summed E-state index contributed by atoms with van der Waals surface area (Å²) < 4.78 is 86.0. The number of benzene rings is 2. The summed E-state index contributed by atoms with van der Waals surface area (Å²) in [6, 6.07) is 3.50. The van der Waals surface area contributed by atoms with Crippen molar-refractivity contribution in [2.24, 2.45) is 33.0 Å². The minimum atomic E-state index is -4.95. The second-order valence-electron chi connectivity index (χ2n) is 11.8. The molecule has 246 valence electrons. The summed E-state index contributed by atoms with van der Waals surface area (Å²) in [6.45, 7) is 4.77. The van der Waals surface area contributed by atoms with Gasteiger partial charge in [0.25, 0.3) is 0 Å². The average molecular weight is 641 g/mol. The summed E-state index contributed by atoms with van der Waals surface area (Å²) >= 11 is 0. The van der Waals surface area contributed by atoms with Gasteiger partial charge in [0.2, 0.25) is 0 Å². The number of aliphatic imine (C=N–C) groups is 1. The number of hydrazine groups is 1. The number of fused-ring (bicyclic) bond motifs is 1. The van der Waals surface area contributed by atoms with Gasteiger partial charge in [-0.3, -0.25) is 9.79 Å². The first-order valence-electron chi connectivity index (χ1n) is 14.8. The zero-order valence-corrected chi connectivity index (χ0v) is 25.7. The first kappa shape index (κ1) is 34.2. The van der Waals surface area contributed by atoms with E-state index in [4.69, 9.17) is 10.6 Å². The molecule has 1 aliphatic heterocycles.